The molecule has 0 N–H and O–H groups in total. The molecule has 0 spiro atoms. The predicted octanol–water partition coefficient (Wildman–Crippen LogP) is 2.77. The van der Waals surface area contributed by atoms with Gasteiger partial charge in [-0.25, -0.2) is 4.98 Å². The molecule has 0 aromatic carbocycles. The zero-order valence-electron chi connectivity index (χ0n) is 11.5. The molecular weight excluding hydrogens is 321 g/mol. The van der Waals surface area contributed by atoms with Crippen LogP contribution in [0.1, 0.15) is 16.3 Å². The lowest BCUT2D eigenvalue weighted by Crippen LogP contribution is -2.29. The van der Waals surface area contributed by atoms with Crippen LogP contribution in [0.15, 0.2) is 30.7 Å². The van der Waals surface area contributed by atoms with Crippen LogP contribution in [0.2, 0.25) is 5.02 Å². The van der Waals surface area contributed by atoms with Crippen LogP contribution in [0.5, 0.6) is 0 Å². The van der Waals surface area contributed by atoms with Gasteiger partial charge in [0.15, 0.2) is 0 Å². The zero-order valence-corrected chi connectivity index (χ0v) is 12.3. The summed E-state index contributed by atoms with van der Waals surface area (Å²) in [4.78, 5) is 21.1. The number of rotatable bonds is 4. The van der Waals surface area contributed by atoms with E-state index in [1.807, 2.05) is 0 Å². The third kappa shape index (κ3) is 4.20. The van der Waals surface area contributed by atoms with Gasteiger partial charge < -0.3 is 9.47 Å². The molecule has 0 fully saturated rings. The molecular formula is C13H12ClF3N4O. The van der Waals surface area contributed by atoms with Crippen molar-refractivity contribution in [3.63, 3.8) is 0 Å². The largest absolute Gasteiger partial charge is 0.406 e. The van der Waals surface area contributed by atoms with Crippen molar-refractivity contribution in [3.05, 3.63) is 47.3 Å². The number of imidazole rings is 1. The number of alkyl halides is 3. The van der Waals surface area contributed by atoms with Crippen molar-refractivity contribution < 1.29 is 18.0 Å². The lowest BCUT2D eigenvalue weighted by Gasteiger charge is -2.18. The number of halogens is 4. The highest BCUT2D eigenvalue weighted by atomic mass is 35.5. The molecule has 2 rings (SSSR count). The van der Waals surface area contributed by atoms with Crippen LogP contribution in [0.4, 0.5) is 13.2 Å². The van der Waals surface area contributed by atoms with Gasteiger partial charge in [-0.05, 0) is 12.1 Å². The molecule has 0 aliphatic rings. The highest BCUT2D eigenvalue weighted by molar-refractivity contribution is 6.30. The van der Waals surface area contributed by atoms with E-state index in [1.165, 1.54) is 42.7 Å². The number of amides is 1. The maximum atomic E-state index is 12.5. The molecule has 1 amide bonds. The van der Waals surface area contributed by atoms with E-state index in [1.54, 1.807) is 0 Å². The molecule has 5 nitrogen and oxygen atoms in total. The van der Waals surface area contributed by atoms with Crippen molar-refractivity contribution in [3.8, 4) is 0 Å². The predicted molar refractivity (Wildman–Crippen MR) is 73.3 cm³/mol. The van der Waals surface area contributed by atoms with Gasteiger partial charge in [0.05, 0.1) is 6.54 Å². The summed E-state index contributed by atoms with van der Waals surface area (Å²) in [7, 11) is 1.46. The van der Waals surface area contributed by atoms with E-state index in [0.717, 1.165) is 4.57 Å². The number of hydrogen-bond acceptors (Lipinski definition) is 3. The molecule has 0 atom stereocenters. The monoisotopic (exact) mass is 332 g/mol. The Kier molecular flexibility index (Phi) is 4.70. The fraction of sp³-hybridized carbons (Fsp3) is 0.308. The Labute approximate surface area is 129 Å². The zero-order chi connectivity index (χ0) is 16.3. The van der Waals surface area contributed by atoms with Crippen LogP contribution in [-0.2, 0) is 13.1 Å². The molecule has 0 aliphatic heterocycles. The maximum absolute atomic E-state index is 12.5. The highest BCUT2D eigenvalue weighted by Crippen LogP contribution is 2.19. The summed E-state index contributed by atoms with van der Waals surface area (Å²) in [6.45, 7) is -1.23. The number of aromatic nitrogens is 3. The number of pyridine rings is 1. The summed E-state index contributed by atoms with van der Waals surface area (Å²) in [6.07, 6.45) is -0.490. The minimum atomic E-state index is -4.35. The molecule has 2 aromatic heterocycles. The second-order valence-corrected chi connectivity index (χ2v) is 5.04. The first-order chi connectivity index (χ1) is 10.3. The fourth-order valence-electron chi connectivity index (χ4n) is 1.83. The first-order valence-corrected chi connectivity index (χ1v) is 6.58. The number of carbonyl (C=O) groups excluding carboxylic acids is 1. The van der Waals surface area contributed by atoms with Crippen LogP contribution in [-0.4, -0.2) is 38.6 Å². The topological polar surface area (TPSA) is 51.0 Å². The molecule has 0 saturated carbocycles. The quantitative estimate of drug-likeness (QED) is 0.865. The number of carbonyl (C=O) groups is 1. The van der Waals surface area contributed by atoms with Gasteiger partial charge in [0, 0.05) is 30.7 Å². The average molecular weight is 333 g/mol. The molecule has 0 radical (unpaired) electrons. The van der Waals surface area contributed by atoms with Gasteiger partial charge in [-0.1, -0.05) is 11.6 Å². The third-order valence-corrected chi connectivity index (χ3v) is 3.05. The Hall–Kier alpha value is -2.09. The Bertz CT molecular complexity index is 671. The Morgan fingerprint density at radius 2 is 2.09 bits per heavy atom. The summed E-state index contributed by atoms with van der Waals surface area (Å²) in [5, 5.41) is 0.352. The summed E-state index contributed by atoms with van der Waals surface area (Å²) in [5.41, 5.74) is 0.115. The smallest absolute Gasteiger partial charge is 0.333 e. The van der Waals surface area contributed by atoms with E-state index in [-0.39, 0.29) is 18.1 Å². The first-order valence-electron chi connectivity index (χ1n) is 6.20. The van der Waals surface area contributed by atoms with Crippen LogP contribution in [0.25, 0.3) is 0 Å². The van der Waals surface area contributed by atoms with Gasteiger partial charge >= 0.3 is 6.18 Å². The second-order valence-electron chi connectivity index (χ2n) is 4.61. The van der Waals surface area contributed by atoms with E-state index in [4.69, 9.17) is 11.6 Å². The third-order valence-electron chi connectivity index (χ3n) is 2.82. The summed E-state index contributed by atoms with van der Waals surface area (Å²) < 4.78 is 38.3. The molecule has 0 saturated heterocycles. The minimum Gasteiger partial charge on any atom is -0.333 e. The molecule has 118 valence electrons. The van der Waals surface area contributed by atoms with Gasteiger partial charge in [-0.15, -0.1) is 0 Å². The fourth-order valence-corrected chi connectivity index (χ4v) is 1.99. The maximum Gasteiger partial charge on any atom is 0.406 e. The summed E-state index contributed by atoms with van der Waals surface area (Å²) in [5.74, 6) is -0.320. The van der Waals surface area contributed by atoms with Crippen LogP contribution >= 0.6 is 11.6 Å². The molecule has 2 aromatic rings. The summed E-state index contributed by atoms with van der Waals surface area (Å²) in [6, 6.07) is 2.91. The average Bonchev–Trinajstić information content (AvgIpc) is 2.83. The lowest BCUT2D eigenvalue weighted by atomic mass is 10.3. The van der Waals surface area contributed by atoms with Crippen molar-refractivity contribution >= 4 is 17.5 Å². The minimum absolute atomic E-state index is 0.0733. The van der Waals surface area contributed by atoms with Crippen molar-refractivity contribution in [2.45, 2.75) is 19.3 Å². The highest BCUT2D eigenvalue weighted by Gasteiger charge is 2.29. The molecule has 22 heavy (non-hydrogen) atoms. The van der Waals surface area contributed by atoms with E-state index >= 15 is 0 Å². The Balaban J connectivity index is 2.11. The van der Waals surface area contributed by atoms with Gasteiger partial charge in [0.2, 0.25) is 0 Å². The van der Waals surface area contributed by atoms with Crippen molar-refractivity contribution in [1.29, 1.82) is 0 Å². The molecule has 9 heteroatoms. The van der Waals surface area contributed by atoms with Gasteiger partial charge in [0.1, 0.15) is 18.1 Å². The standard InChI is InChI=1S/C13H12ClF3N4O/c1-20(12(22)10-6-9(14)2-3-18-10)7-11-19-4-5-21(11)8-13(15,16)17/h2-6H,7-8H2,1H3. The van der Waals surface area contributed by atoms with Crippen molar-refractivity contribution in [2.24, 2.45) is 0 Å². The second kappa shape index (κ2) is 6.35. The molecule has 0 aliphatic carbocycles. The molecule has 0 unspecified atom stereocenters. The Morgan fingerprint density at radius 3 is 2.73 bits per heavy atom. The van der Waals surface area contributed by atoms with Gasteiger partial charge in [-0.2, -0.15) is 13.2 Å². The number of nitrogens with zero attached hydrogens (tertiary/aromatic N) is 4. The van der Waals surface area contributed by atoms with Crippen molar-refractivity contribution in [2.75, 3.05) is 7.05 Å². The van der Waals surface area contributed by atoms with E-state index in [9.17, 15) is 18.0 Å². The van der Waals surface area contributed by atoms with Crippen molar-refractivity contribution in [1.82, 2.24) is 19.4 Å². The van der Waals surface area contributed by atoms with E-state index in [0.29, 0.717) is 5.02 Å². The number of hydrogen-bond donors (Lipinski definition) is 0. The first kappa shape index (κ1) is 16.3. The van der Waals surface area contributed by atoms with Gasteiger partial charge in [0.25, 0.3) is 5.91 Å². The van der Waals surface area contributed by atoms with Crippen LogP contribution in [0.3, 0.4) is 0 Å². The lowest BCUT2D eigenvalue weighted by molar-refractivity contribution is -0.141. The van der Waals surface area contributed by atoms with Crippen LogP contribution < -0.4 is 0 Å². The normalized spacial score (nSPS) is 11.5. The van der Waals surface area contributed by atoms with Gasteiger partial charge in [-0.3, -0.25) is 9.78 Å². The van der Waals surface area contributed by atoms with E-state index in [2.05, 4.69) is 9.97 Å². The Morgan fingerprint density at radius 1 is 1.36 bits per heavy atom. The van der Waals surface area contributed by atoms with E-state index < -0.39 is 18.6 Å². The SMILES string of the molecule is CN(Cc1nccn1CC(F)(F)F)C(=O)c1cc(Cl)ccn1. The molecule has 2 heterocycles. The molecule has 0 bridgehead atoms. The van der Waals surface area contributed by atoms with Crippen LogP contribution in [0, 0.1) is 0 Å². The summed E-state index contributed by atoms with van der Waals surface area (Å²) >= 11 is 5.78.